The Morgan fingerprint density at radius 2 is 2.00 bits per heavy atom. The Morgan fingerprint density at radius 1 is 1.22 bits per heavy atom. The van der Waals surface area contributed by atoms with E-state index in [9.17, 15) is 4.79 Å². The zero-order valence-corrected chi connectivity index (χ0v) is 14.0. The molecule has 1 N–H and O–H groups in total. The number of benzene rings is 2. The minimum Gasteiger partial charge on any atom is -0.454 e. The van der Waals surface area contributed by atoms with E-state index in [-0.39, 0.29) is 18.0 Å². The minimum atomic E-state index is -0.139. The van der Waals surface area contributed by atoms with Gasteiger partial charge in [0.1, 0.15) is 0 Å². The van der Waals surface area contributed by atoms with Crippen LogP contribution in [0.2, 0.25) is 0 Å². The van der Waals surface area contributed by atoms with Crippen molar-refractivity contribution in [1.82, 2.24) is 0 Å². The molecule has 0 saturated carbocycles. The second-order valence-electron chi connectivity index (χ2n) is 5.44. The van der Waals surface area contributed by atoms with Crippen molar-refractivity contribution >= 4 is 23.4 Å². The van der Waals surface area contributed by atoms with Gasteiger partial charge in [0.05, 0.1) is 5.25 Å². The van der Waals surface area contributed by atoms with Crippen LogP contribution in [0.1, 0.15) is 18.1 Å². The van der Waals surface area contributed by atoms with Gasteiger partial charge >= 0.3 is 0 Å². The summed E-state index contributed by atoms with van der Waals surface area (Å²) in [6.45, 7) is 4.24. The molecule has 23 heavy (non-hydrogen) atoms. The molecule has 0 fully saturated rings. The molecule has 3 rings (SSSR count). The lowest BCUT2D eigenvalue weighted by Gasteiger charge is -2.13. The smallest absolute Gasteiger partial charge is 0.237 e. The molecule has 0 radical (unpaired) electrons. The number of carbonyl (C=O) groups excluding carboxylic acids is 1. The van der Waals surface area contributed by atoms with E-state index in [1.807, 2.05) is 31.2 Å². The first-order valence-electron chi connectivity index (χ1n) is 7.50. The van der Waals surface area contributed by atoms with Crippen molar-refractivity contribution in [3.05, 3.63) is 53.6 Å². The maximum absolute atomic E-state index is 12.3. The molecule has 2 aromatic carbocycles. The summed E-state index contributed by atoms with van der Waals surface area (Å²) in [5, 5.41) is 2.79. The highest BCUT2D eigenvalue weighted by molar-refractivity contribution is 7.99. The molecule has 1 atom stereocenters. The largest absolute Gasteiger partial charge is 0.454 e. The van der Waals surface area contributed by atoms with Gasteiger partial charge in [-0.1, -0.05) is 24.3 Å². The second kappa shape index (κ2) is 6.96. The van der Waals surface area contributed by atoms with Gasteiger partial charge in [-0.05, 0) is 37.1 Å². The van der Waals surface area contributed by atoms with Gasteiger partial charge in [0.15, 0.2) is 11.5 Å². The molecule has 0 aliphatic carbocycles. The summed E-state index contributed by atoms with van der Waals surface area (Å²) in [7, 11) is 0. The maximum atomic E-state index is 12.3. The van der Waals surface area contributed by atoms with Gasteiger partial charge in [0.2, 0.25) is 12.7 Å². The van der Waals surface area contributed by atoms with Gasteiger partial charge in [0, 0.05) is 17.5 Å². The van der Waals surface area contributed by atoms with Gasteiger partial charge < -0.3 is 14.8 Å². The highest BCUT2D eigenvalue weighted by Crippen LogP contribution is 2.34. The third-order valence-corrected chi connectivity index (χ3v) is 4.95. The monoisotopic (exact) mass is 329 g/mol. The van der Waals surface area contributed by atoms with Crippen LogP contribution in [-0.2, 0) is 10.5 Å². The Morgan fingerprint density at radius 3 is 2.83 bits per heavy atom. The van der Waals surface area contributed by atoms with Crippen molar-refractivity contribution in [2.75, 3.05) is 12.1 Å². The number of thioether (sulfide) groups is 1. The van der Waals surface area contributed by atoms with Gasteiger partial charge in [-0.25, -0.2) is 0 Å². The van der Waals surface area contributed by atoms with Crippen molar-refractivity contribution in [1.29, 1.82) is 0 Å². The SMILES string of the molecule is Cc1ccccc1CS[C@H](C)C(=O)Nc1ccc2c(c1)OCO2. The molecule has 2 aromatic rings. The maximum Gasteiger partial charge on any atom is 0.237 e. The van der Waals surface area contributed by atoms with E-state index in [0.717, 1.165) is 11.4 Å². The number of hydrogen-bond acceptors (Lipinski definition) is 4. The summed E-state index contributed by atoms with van der Waals surface area (Å²) in [5.41, 5.74) is 3.24. The van der Waals surface area contributed by atoms with Crippen LogP contribution in [0, 0.1) is 6.92 Å². The molecule has 4 nitrogen and oxygen atoms in total. The molecule has 5 heteroatoms. The Balaban J connectivity index is 1.56. The first kappa shape index (κ1) is 15.7. The molecule has 0 spiro atoms. The Hall–Kier alpha value is -2.14. The summed E-state index contributed by atoms with van der Waals surface area (Å²) < 4.78 is 10.6. The standard InChI is InChI=1S/C18H19NO3S/c1-12-5-3-4-6-14(12)10-23-13(2)18(20)19-15-7-8-16-17(9-15)22-11-21-16/h3-9,13H,10-11H2,1-2H3,(H,19,20)/t13-/m1/s1. The van der Waals surface area contributed by atoms with E-state index >= 15 is 0 Å². The Kier molecular flexibility index (Phi) is 4.76. The van der Waals surface area contributed by atoms with Crippen molar-refractivity contribution in [3.63, 3.8) is 0 Å². The van der Waals surface area contributed by atoms with Gasteiger partial charge in [-0.15, -0.1) is 11.8 Å². The first-order valence-corrected chi connectivity index (χ1v) is 8.55. The van der Waals surface area contributed by atoms with Gasteiger partial charge in [-0.3, -0.25) is 4.79 Å². The number of aryl methyl sites for hydroxylation is 1. The van der Waals surface area contributed by atoms with Crippen molar-refractivity contribution in [2.45, 2.75) is 24.9 Å². The quantitative estimate of drug-likeness (QED) is 0.901. The average molecular weight is 329 g/mol. The van der Waals surface area contributed by atoms with Crippen LogP contribution >= 0.6 is 11.8 Å². The second-order valence-corrected chi connectivity index (χ2v) is 6.77. The molecule has 1 amide bonds. The predicted octanol–water partition coefficient (Wildman–Crippen LogP) is 3.98. The number of ether oxygens (including phenoxy) is 2. The predicted molar refractivity (Wildman–Crippen MR) is 93.1 cm³/mol. The topological polar surface area (TPSA) is 47.6 Å². The van der Waals surface area contributed by atoms with Crippen molar-refractivity contribution in [3.8, 4) is 11.5 Å². The molecule has 1 aliphatic rings. The van der Waals surface area contributed by atoms with Crippen LogP contribution in [0.4, 0.5) is 5.69 Å². The summed E-state index contributed by atoms with van der Waals surface area (Å²) in [5.74, 6) is 2.19. The molecule has 0 aromatic heterocycles. The fourth-order valence-corrected chi connectivity index (χ4v) is 3.24. The van der Waals surface area contributed by atoms with Gasteiger partial charge in [0.25, 0.3) is 0 Å². The van der Waals surface area contributed by atoms with Crippen LogP contribution in [0.5, 0.6) is 11.5 Å². The summed E-state index contributed by atoms with van der Waals surface area (Å²) >= 11 is 1.63. The molecular weight excluding hydrogens is 310 g/mol. The lowest BCUT2D eigenvalue weighted by Crippen LogP contribution is -2.22. The average Bonchev–Trinajstić information content (AvgIpc) is 3.01. The van der Waals surface area contributed by atoms with Crippen LogP contribution in [0.15, 0.2) is 42.5 Å². The molecule has 0 bridgehead atoms. The Bertz CT molecular complexity index is 717. The van der Waals surface area contributed by atoms with Crippen LogP contribution in [0.3, 0.4) is 0 Å². The van der Waals surface area contributed by atoms with Crippen molar-refractivity contribution < 1.29 is 14.3 Å². The number of rotatable bonds is 5. The molecule has 1 heterocycles. The van der Waals surface area contributed by atoms with Crippen LogP contribution < -0.4 is 14.8 Å². The number of anilines is 1. The molecular formula is C18H19NO3S. The lowest BCUT2D eigenvalue weighted by molar-refractivity contribution is -0.115. The third-order valence-electron chi connectivity index (χ3n) is 3.76. The number of nitrogens with one attached hydrogen (secondary N) is 1. The van der Waals surface area contributed by atoms with E-state index in [0.29, 0.717) is 11.5 Å². The number of fused-ring (bicyclic) bond motifs is 1. The van der Waals surface area contributed by atoms with E-state index in [1.165, 1.54) is 11.1 Å². The fourth-order valence-electron chi connectivity index (χ4n) is 2.28. The van der Waals surface area contributed by atoms with Crippen LogP contribution in [-0.4, -0.2) is 18.0 Å². The first-order chi connectivity index (χ1) is 11.1. The highest BCUT2D eigenvalue weighted by atomic mass is 32.2. The number of hydrogen-bond donors (Lipinski definition) is 1. The molecule has 0 saturated heterocycles. The third kappa shape index (κ3) is 3.79. The van der Waals surface area contributed by atoms with Gasteiger partial charge in [-0.2, -0.15) is 0 Å². The summed E-state index contributed by atoms with van der Waals surface area (Å²) in [4.78, 5) is 12.3. The van der Waals surface area contributed by atoms with E-state index in [2.05, 4.69) is 24.4 Å². The number of carbonyl (C=O) groups is 1. The molecule has 0 unspecified atom stereocenters. The summed E-state index contributed by atoms with van der Waals surface area (Å²) in [6.07, 6.45) is 0. The Labute approximate surface area is 140 Å². The zero-order valence-electron chi connectivity index (χ0n) is 13.2. The van der Waals surface area contributed by atoms with E-state index < -0.39 is 0 Å². The highest BCUT2D eigenvalue weighted by Gasteiger charge is 2.17. The van der Waals surface area contributed by atoms with E-state index in [1.54, 1.807) is 17.8 Å². The zero-order chi connectivity index (χ0) is 16.2. The van der Waals surface area contributed by atoms with E-state index in [4.69, 9.17) is 9.47 Å². The number of amides is 1. The molecule has 120 valence electrons. The fraction of sp³-hybridized carbons (Fsp3) is 0.278. The van der Waals surface area contributed by atoms with Crippen LogP contribution in [0.25, 0.3) is 0 Å². The molecule has 1 aliphatic heterocycles. The van der Waals surface area contributed by atoms with Crippen molar-refractivity contribution in [2.24, 2.45) is 0 Å². The summed E-state index contributed by atoms with van der Waals surface area (Å²) in [6, 6.07) is 13.7. The normalized spacial score (nSPS) is 13.7. The minimum absolute atomic E-state index is 0.0116. The lowest BCUT2D eigenvalue weighted by atomic mass is 10.1.